The van der Waals surface area contributed by atoms with E-state index in [-0.39, 0.29) is 0 Å². The molecule has 0 aromatic heterocycles. The summed E-state index contributed by atoms with van der Waals surface area (Å²) in [6.45, 7) is 11.0. The van der Waals surface area contributed by atoms with Gasteiger partial charge < -0.3 is 0 Å². The molecule has 0 fully saturated rings. The van der Waals surface area contributed by atoms with Gasteiger partial charge in [0.05, 0.1) is 0 Å². The van der Waals surface area contributed by atoms with Crippen LogP contribution in [-0.4, -0.2) is 0 Å². The Bertz CT molecular complexity index is 2970. The predicted molar refractivity (Wildman–Crippen MR) is 240 cm³/mol. The molecule has 0 aliphatic rings. The lowest BCUT2D eigenvalue weighted by Crippen LogP contribution is -1.97. The van der Waals surface area contributed by atoms with Crippen LogP contribution in [-0.2, 0) is 0 Å². The molecular formula is C55H42. The lowest BCUT2D eigenvalue weighted by molar-refractivity contribution is 1.43. The third-order valence-electron chi connectivity index (χ3n) is 11.3. The minimum Gasteiger partial charge on any atom is -0.0984 e. The lowest BCUT2D eigenvalue weighted by atomic mass is 9.82. The zero-order valence-electron chi connectivity index (χ0n) is 31.6. The van der Waals surface area contributed by atoms with E-state index in [1.54, 1.807) is 0 Å². The highest BCUT2D eigenvalue weighted by atomic mass is 14.2. The second-order valence-electron chi connectivity index (χ2n) is 14.5. The van der Waals surface area contributed by atoms with Crippen LogP contribution in [0.3, 0.4) is 0 Å². The number of benzene rings is 9. The van der Waals surface area contributed by atoms with Gasteiger partial charge in [0.1, 0.15) is 0 Å². The summed E-state index contributed by atoms with van der Waals surface area (Å²) in [5.41, 5.74) is 17.1. The molecule has 9 rings (SSSR count). The number of hydrogen-bond acceptors (Lipinski definition) is 0. The molecule has 0 nitrogen and oxygen atoms in total. The van der Waals surface area contributed by atoms with Crippen LogP contribution in [0.15, 0.2) is 183 Å². The maximum absolute atomic E-state index is 4.43. The third-order valence-corrected chi connectivity index (χ3v) is 11.3. The van der Waals surface area contributed by atoms with Crippen molar-refractivity contribution in [1.29, 1.82) is 0 Å². The van der Waals surface area contributed by atoms with E-state index in [1.165, 1.54) is 105 Å². The highest BCUT2D eigenvalue weighted by Gasteiger charge is 2.20. The molecule has 9 aromatic rings. The van der Waals surface area contributed by atoms with Gasteiger partial charge in [-0.15, -0.1) is 0 Å². The van der Waals surface area contributed by atoms with Crippen LogP contribution in [0.25, 0.3) is 100 Å². The Morgan fingerprint density at radius 1 is 0.400 bits per heavy atom. The van der Waals surface area contributed by atoms with Gasteiger partial charge in [-0.3, -0.25) is 0 Å². The monoisotopic (exact) mass is 702 g/mol. The zero-order chi connectivity index (χ0) is 37.5. The molecular weight excluding hydrogens is 661 g/mol. The molecule has 0 heterocycles. The molecule has 0 N–H and O–H groups in total. The number of rotatable bonds is 7. The van der Waals surface area contributed by atoms with Crippen molar-refractivity contribution >= 4 is 44.5 Å². The van der Waals surface area contributed by atoms with E-state index in [0.29, 0.717) is 0 Å². The van der Waals surface area contributed by atoms with Crippen molar-refractivity contribution in [1.82, 2.24) is 0 Å². The summed E-state index contributed by atoms with van der Waals surface area (Å²) in [7, 11) is 0. The topological polar surface area (TPSA) is 0 Å². The van der Waals surface area contributed by atoms with Gasteiger partial charge in [-0.05, 0) is 149 Å². The van der Waals surface area contributed by atoms with E-state index in [1.807, 2.05) is 6.08 Å². The molecule has 0 unspecified atom stereocenters. The van der Waals surface area contributed by atoms with Gasteiger partial charge in [0.2, 0.25) is 0 Å². The molecule has 262 valence electrons. The summed E-state index contributed by atoms with van der Waals surface area (Å²) in [5, 5.41) is 7.52. The van der Waals surface area contributed by atoms with Crippen molar-refractivity contribution < 1.29 is 0 Å². The van der Waals surface area contributed by atoms with Crippen molar-refractivity contribution in [3.05, 3.63) is 205 Å². The molecule has 0 bridgehead atoms. The van der Waals surface area contributed by atoms with Gasteiger partial charge in [-0.25, -0.2) is 0 Å². The van der Waals surface area contributed by atoms with E-state index in [2.05, 4.69) is 209 Å². The highest BCUT2D eigenvalue weighted by Crippen LogP contribution is 2.45. The molecule has 0 spiro atoms. The van der Waals surface area contributed by atoms with E-state index in [0.717, 1.165) is 5.56 Å². The van der Waals surface area contributed by atoms with Gasteiger partial charge in [0.15, 0.2) is 0 Å². The normalized spacial score (nSPS) is 11.5. The number of aryl methyl sites for hydroxylation is 2. The molecule has 9 aromatic carbocycles. The zero-order valence-corrected chi connectivity index (χ0v) is 31.6. The fourth-order valence-corrected chi connectivity index (χ4v) is 8.64. The van der Waals surface area contributed by atoms with E-state index in [4.69, 9.17) is 0 Å². The summed E-state index contributed by atoms with van der Waals surface area (Å²) in [5.74, 6) is 0. The Kier molecular flexibility index (Phi) is 8.81. The van der Waals surface area contributed by atoms with Crippen LogP contribution >= 0.6 is 0 Å². The molecule has 0 heteroatoms. The molecule has 0 saturated heterocycles. The summed E-state index contributed by atoms with van der Waals surface area (Å²) in [6.07, 6.45) is 6.46. The Balaban J connectivity index is 1.21. The van der Waals surface area contributed by atoms with Gasteiger partial charge >= 0.3 is 0 Å². The summed E-state index contributed by atoms with van der Waals surface area (Å²) < 4.78 is 0. The van der Waals surface area contributed by atoms with E-state index in [9.17, 15) is 0 Å². The molecule has 0 aliphatic heterocycles. The van der Waals surface area contributed by atoms with Crippen molar-refractivity contribution in [3.8, 4) is 55.6 Å². The smallest absolute Gasteiger partial charge is 0.00263 e. The van der Waals surface area contributed by atoms with Crippen LogP contribution in [0.1, 0.15) is 29.2 Å². The summed E-state index contributed by atoms with van der Waals surface area (Å²) >= 11 is 0. The quantitative estimate of drug-likeness (QED) is 0.155. The minimum absolute atomic E-state index is 1.14. The highest BCUT2D eigenvalue weighted by molar-refractivity contribution is 6.12. The fourth-order valence-electron chi connectivity index (χ4n) is 8.64. The average Bonchev–Trinajstić information content (AvgIpc) is 3.23. The Hall–Kier alpha value is -6.76. The second kappa shape index (κ2) is 14.2. The van der Waals surface area contributed by atoms with Crippen molar-refractivity contribution in [2.75, 3.05) is 0 Å². The number of fused-ring (bicyclic) bond motifs is 3. The predicted octanol–water partition coefficient (Wildman–Crippen LogP) is 15.8. The van der Waals surface area contributed by atoms with Crippen LogP contribution in [0, 0.1) is 13.8 Å². The molecule has 0 aliphatic carbocycles. The first-order valence-electron chi connectivity index (χ1n) is 19.2. The molecule has 55 heavy (non-hydrogen) atoms. The molecule has 0 saturated carbocycles. The second-order valence-corrected chi connectivity index (χ2v) is 14.5. The first-order valence-corrected chi connectivity index (χ1v) is 19.2. The number of hydrogen-bond donors (Lipinski definition) is 0. The Morgan fingerprint density at radius 2 is 0.945 bits per heavy atom. The van der Waals surface area contributed by atoms with Crippen molar-refractivity contribution in [3.63, 3.8) is 0 Å². The Morgan fingerprint density at radius 3 is 1.65 bits per heavy atom. The maximum atomic E-state index is 4.43. The van der Waals surface area contributed by atoms with E-state index < -0.39 is 0 Å². The SMILES string of the molecule is C=Cc1c(/C=C\C)c(-c2cccc(-c3cccc4ccccc34)c2)c2ccccc2c1-c1cccc(-c2ccc(C)c(-c3ccc4ccccc4c3C)c2)c1. The first kappa shape index (κ1) is 34.0. The van der Waals surface area contributed by atoms with Crippen LogP contribution < -0.4 is 0 Å². The minimum atomic E-state index is 1.14. The Labute approximate surface area is 324 Å². The molecule has 0 amide bonds. The van der Waals surface area contributed by atoms with Gasteiger partial charge in [-0.2, -0.15) is 0 Å². The van der Waals surface area contributed by atoms with Gasteiger partial charge in [0, 0.05) is 0 Å². The molecule has 0 atom stereocenters. The largest absolute Gasteiger partial charge is 0.0984 e. The fraction of sp³-hybridized carbons (Fsp3) is 0.0545. The van der Waals surface area contributed by atoms with Crippen LogP contribution in [0.5, 0.6) is 0 Å². The first-order chi connectivity index (χ1) is 27.0. The van der Waals surface area contributed by atoms with Crippen molar-refractivity contribution in [2.45, 2.75) is 20.8 Å². The summed E-state index contributed by atoms with van der Waals surface area (Å²) in [4.78, 5) is 0. The van der Waals surface area contributed by atoms with Gasteiger partial charge in [0.25, 0.3) is 0 Å². The van der Waals surface area contributed by atoms with E-state index >= 15 is 0 Å². The standard InChI is InChI=1S/C55H42/c1-5-16-50-45(6-2)54(43-22-13-20-40(33-43)41-30-29-36(3)53(35-41)47-32-31-39-18-7-9-24-46(39)37(47)4)51-26-11-12-27-52(51)55(50)44-23-14-21-42(34-44)49-28-15-19-38-17-8-10-25-48(38)49/h5-35H,2H2,1,3-4H3/b16-5-. The van der Waals surface area contributed by atoms with Gasteiger partial charge in [-0.1, -0.05) is 176 Å². The lowest BCUT2D eigenvalue weighted by Gasteiger charge is -2.21. The number of allylic oxidation sites excluding steroid dienone is 1. The third kappa shape index (κ3) is 5.97. The van der Waals surface area contributed by atoms with Crippen LogP contribution in [0.2, 0.25) is 0 Å². The van der Waals surface area contributed by atoms with Crippen molar-refractivity contribution in [2.24, 2.45) is 0 Å². The van der Waals surface area contributed by atoms with Crippen LogP contribution in [0.4, 0.5) is 0 Å². The summed E-state index contributed by atoms with van der Waals surface area (Å²) in [6, 6.07) is 62.3. The maximum Gasteiger partial charge on any atom is -0.00263 e. The average molecular weight is 703 g/mol. The molecule has 0 radical (unpaired) electrons.